The summed E-state index contributed by atoms with van der Waals surface area (Å²) in [5.74, 6) is 0.871. The molecule has 8 heteroatoms. The second kappa shape index (κ2) is 9.44. The van der Waals surface area contributed by atoms with Gasteiger partial charge in [0.05, 0.1) is 15.5 Å². The third-order valence-electron chi connectivity index (χ3n) is 5.45. The Kier molecular flexibility index (Phi) is 6.03. The maximum atomic E-state index is 13.1. The highest BCUT2D eigenvalue weighted by molar-refractivity contribution is 8.18. The van der Waals surface area contributed by atoms with Crippen LogP contribution in [0.3, 0.4) is 0 Å². The Morgan fingerprint density at radius 2 is 1.80 bits per heavy atom. The first kappa shape index (κ1) is 22.4. The average molecular weight is 482 g/mol. The molecular formula is C27H19N3O4S. The van der Waals surface area contributed by atoms with Crippen molar-refractivity contribution in [3.05, 3.63) is 112 Å². The highest BCUT2D eigenvalue weighted by atomic mass is 32.2. The van der Waals surface area contributed by atoms with Crippen molar-refractivity contribution in [2.24, 2.45) is 4.99 Å². The van der Waals surface area contributed by atoms with Gasteiger partial charge in [-0.05, 0) is 47.5 Å². The molecular weight excluding hydrogens is 462 g/mol. The summed E-state index contributed by atoms with van der Waals surface area (Å²) in [5.41, 5.74) is 1.50. The fourth-order valence-corrected chi connectivity index (χ4v) is 4.73. The smallest absolute Gasteiger partial charge is 0.269 e. The summed E-state index contributed by atoms with van der Waals surface area (Å²) in [6.07, 6.45) is 3.35. The molecule has 1 aliphatic heterocycles. The van der Waals surface area contributed by atoms with Crippen molar-refractivity contribution in [1.29, 1.82) is 0 Å². The lowest BCUT2D eigenvalue weighted by Crippen LogP contribution is -2.29. The average Bonchev–Trinajstić information content (AvgIpc) is 3.45. The lowest BCUT2D eigenvalue weighted by molar-refractivity contribution is -0.384. The number of non-ortho nitro benzene ring substituents is 1. The first-order chi connectivity index (χ1) is 17.0. The van der Waals surface area contributed by atoms with Gasteiger partial charge in [0, 0.05) is 35.7 Å². The molecule has 2 heterocycles. The van der Waals surface area contributed by atoms with Crippen LogP contribution < -0.4 is 0 Å². The number of fused-ring (bicyclic) bond motifs is 1. The van der Waals surface area contributed by atoms with E-state index < -0.39 is 4.92 Å². The van der Waals surface area contributed by atoms with Gasteiger partial charge >= 0.3 is 0 Å². The van der Waals surface area contributed by atoms with Crippen molar-refractivity contribution in [2.45, 2.75) is 0 Å². The summed E-state index contributed by atoms with van der Waals surface area (Å²) in [5, 5.41) is 13.5. The number of benzene rings is 3. The van der Waals surface area contributed by atoms with Crippen LogP contribution in [0.25, 0.3) is 28.2 Å². The molecule has 35 heavy (non-hydrogen) atoms. The number of amidine groups is 1. The molecule has 0 saturated carbocycles. The molecule has 1 aromatic heterocycles. The molecule has 1 amide bonds. The number of aliphatic imine (C=N–C) groups is 1. The summed E-state index contributed by atoms with van der Waals surface area (Å²) in [6, 6.07) is 23.5. The van der Waals surface area contributed by atoms with Gasteiger partial charge in [0.2, 0.25) is 0 Å². The van der Waals surface area contributed by atoms with Gasteiger partial charge in [-0.2, -0.15) is 0 Å². The monoisotopic (exact) mass is 481 g/mol. The first-order valence-corrected chi connectivity index (χ1v) is 11.6. The molecule has 3 aromatic carbocycles. The van der Waals surface area contributed by atoms with E-state index in [0.717, 1.165) is 16.5 Å². The van der Waals surface area contributed by atoms with Crippen molar-refractivity contribution in [2.75, 3.05) is 6.54 Å². The van der Waals surface area contributed by atoms with Gasteiger partial charge in [-0.1, -0.05) is 42.5 Å². The molecule has 0 atom stereocenters. The highest BCUT2D eigenvalue weighted by Crippen LogP contribution is 2.36. The lowest BCUT2D eigenvalue weighted by atomic mass is 10.1. The van der Waals surface area contributed by atoms with E-state index in [4.69, 9.17) is 9.41 Å². The van der Waals surface area contributed by atoms with Crippen LogP contribution in [0.2, 0.25) is 0 Å². The predicted molar refractivity (Wildman–Crippen MR) is 139 cm³/mol. The number of carbonyl (C=O) groups excluding carboxylic acids is 1. The normalized spacial score (nSPS) is 15.9. The zero-order valence-corrected chi connectivity index (χ0v) is 19.3. The maximum Gasteiger partial charge on any atom is 0.269 e. The SMILES string of the molecule is C=CCN1C(=O)/C(=C/c2ccc(-c3ccc([N+](=O)[O-])cc3)o2)SC1=Nc1cccc2ccccc12. The van der Waals surface area contributed by atoms with E-state index in [1.165, 1.54) is 23.9 Å². The summed E-state index contributed by atoms with van der Waals surface area (Å²) < 4.78 is 5.90. The van der Waals surface area contributed by atoms with E-state index in [2.05, 4.69) is 6.58 Å². The van der Waals surface area contributed by atoms with Crippen LogP contribution >= 0.6 is 11.8 Å². The quantitative estimate of drug-likeness (QED) is 0.131. The fraction of sp³-hybridized carbons (Fsp3) is 0.0370. The Morgan fingerprint density at radius 3 is 2.57 bits per heavy atom. The van der Waals surface area contributed by atoms with Crippen molar-refractivity contribution in [1.82, 2.24) is 4.90 Å². The number of nitrogens with zero attached hydrogens (tertiary/aromatic N) is 3. The van der Waals surface area contributed by atoms with Crippen LogP contribution in [0.15, 0.2) is 106 Å². The van der Waals surface area contributed by atoms with Crippen LogP contribution in [0, 0.1) is 10.1 Å². The number of amides is 1. The van der Waals surface area contributed by atoms with E-state index in [1.807, 2.05) is 42.5 Å². The molecule has 0 aliphatic carbocycles. The minimum atomic E-state index is -0.447. The van der Waals surface area contributed by atoms with Gasteiger partial charge in [-0.15, -0.1) is 6.58 Å². The third-order valence-corrected chi connectivity index (χ3v) is 6.45. The van der Waals surface area contributed by atoms with Gasteiger partial charge in [0.25, 0.3) is 11.6 Å². The molecule has 0 unspecified atom stereocenters. The summed E-state index contributed by atoms with van der Waals surface area (Å²) in [6.45, 7) is 4.11. The highest BCUT2D eigenvalue weighted by Gasteiger charge is 2.33. The Balaban J connectivity index is 1.45. The van der Waals surface area contributed by atoms with Gasteiger partial charge in [0.15, 0.2) is 5.17 Å². The minimum absolute atomic E-state index is 0.0101. The second-order valence-electron chi connectivity index (χ2n) is 7.71. The fourth-order valence-electron chi connectivity index (χ4n) is 3.75. The number of thioether (sulfide) groups is 1. The molecule has 0 radical (unpaired) electrons. The van der Waals surface area contributed by atoms with Gasteiger partial charge < -0.3 is 4.42 Å². The molecule has 0 bridgehead atoms. The lowest BCUT2D eigenvalue weighted by Gasteiger charge is -2.13. The van der Waals surface area contributed by atoms with Gasteiger partial charge in [-0.3, -0.25) is 19.8 Å². The zero-order chi connectivity index (χ0) is 24.4. The largest absolute Gasteiger partial charge is 0.457 e. The number of nitro groups is 1. The topological polar surface area (TPSA) is 89.0 Å². The van der Waals surface area contributed by atoms with Crippen LogP contribution in [0.1, 0.15) is 5.76 Å². The first-order valence-electron chi connectivity index (χ1n) is 10.8. The molecule has 1 aliphatic rings. The summed E-state index contributed by atoms with van der Waals surface area (Å²) >= 11 is 1.28. The number of nitro benzene ring substituents is 1. The Labute approximate surface area is 205 Å². The van der Waals surface area contributed by atoms with Crippen molar-refractivity contribution in [3.63, 3.8) is 0 Å². The predicted octanol–water partition coefficient (Wildman–Crippen LogP) is 6.80. The number of furan rings is 1. The zero-order valence-electron chi connectivity index (χ0n) is 18.5. The number of carbonyl (C=O) groups is 1. The van der Waals surface area contributed by atoms with Crippen LogP contribution in [0.5, 0.6) is 0 Å². The molecule has 5 rings (SSSR count). The van der Waals surface area contributed by atoms with Crippen LogP contribution in [0.4, 0.5) is 11.4 Å². The van der Waals surface area contributed by atoms with Gasteiger partial charge in [-0.25, -0.2) is 4.99 Å². The molecule has 1 fully saturated rings. The molecule has 172 valence electrons. The number of rotatable bonds is 6. The summed E-state index contributed by atoms with van der Waals surface area (Å²) in [7, 11) is 0. The van der Waals surface area contributed by atoms with Gasteiger partial charge in [0.1, 0.15) is 11.5 Å². The van der Waals surface area contributed by atoms with E-state index in [-0.39, 0.29) is 11.6 Å². The Bertz CT molecular complexity index is 1510. The third kappa shape index (κ3) is 4.51. The molecule has 0 spiro atoms. The van der Waals surface area contributed by atoms with E-state index in [0.29, 0.717) is 33.7 Å². The van der Waals surface area contributed by atoms with Crippen molar-refractivity contribution < 1.29 is 14.1 Å². The molecule has 7 nitrogen and oxygen atoms in total. The van der Waals surface area contributed by atoms with Crippen molar-refractivity contribution in [3.8, 4) is 11.3 Å². The maximum absolute atomic E-state index is 13.1. The molecule has 1 saturated heterocycles. The second-order valence-corrected chi connectivity index (χ2v) is 8.72. The summed E-state index contributed by atoms with van der Waals surface area (Å²) in [4.78, 5) is 30.5. The Hall–Kier alpha value is -4.43. The minimum Gasteiger partial charge on any atom is -0.457 e. The van der Waals surface area contributed by atoms with Crippen LogP contribution in [-0.4, -0.2) is 27.4 Å². The molecule has 0 N–H and O–H groups in total. The van der Waals surface area contributed by atoms with E-state index in [9.17, 15) is 14.9 Å². The number of hydrogen-bond acceptors (Lipinski definition) is 6. The molecule has 4 aromatic rings. The van der Waals surface area contributed by atoms with Crippen molar-refractivity contribution >= 4 is 51.1 Å². The number of hydrogen-bond donors (Lipinski definition) is 0. The van der Waals surface area contributed by atoms with E-state index >= 15 is 0 Å². The Morgan fingerprint density at radius 1 is 1.03 bits per heavy atom. The standard InChI is InChI=1S/C27H19N3O4S/c1-2-16-29-26(31)25(35-27(29)28-23-9-5-7-18-6-3-4-8-22(18)23)17-21-14-15-24(34-21)19-10-12-20(13-11-19)30(32)33/h2-15,17H,1,16H2/b25-17-,28-27?. The van der Waals surface area contributed by atoms with E-state index in [1.54, 1.807) is 41.3 Å². The van der Waals surface area contributed by atoms with Crippen LogP contribution in [-0.2, 0) is 4.79 Å².